The Balaban J connectivity index is 1.93. The molecule has 164 valence electrons. The van der Waals surface area contributed by atoms with E-state index in [1.807, 2.05) is 27.7 Å². The number of nitrogens with zero attached hydrogens (tertiary/aromatic N) is 1. The molecule has 0 aliphatic carbocycles. The summed E-state index contributed by atoms with van der Waals surface area (Å²) in [5.74, 6) is 0.0753. The standard InChI is InChI=1S/C24H28N2O5/c1-15(2)13-26-19-12-17(10-11-21(19)30-14-24(4,5)23(26)29)25-22(28)18-8-6-7-9-20(18)31-16(3)27/h6-12,15H,13-14H2,1-5H3,(H,25,28). The normalized spacial score (nSPS) is 15.0. The number of rotatable bonds is 5. The Kier molecular flexibility index (Phi) is 6.34. The number of fused-ring (bicyclic) bond motifs is 1. The minimum absolute atomic E-state index is 0.0244. The van der Waals surface area contributed by atoms with E-state index in [0.29, 0.717) is 23.7 Å². The van der Waals surface area contributed by atoms with Gasteiger partial charge in [0.15, 0.2) is 0 Å². The smallest absolute Gasteiger partial charge is 0.308 e. The molecule has 0 saturated carbocycles. The number of amides is 2. The van der Waals surface area contributed by atoms with Gasteiger partial charge in [-0.1, -0.05) is 26.0 Å². The number of carbonyl (C=O) groups excluding carboxylic acids is 3. The first-order valence-electron chi connectivity index (χ1n) is 10.3. The van der Waals surface area contributed by atoms with Crippen molar-refractivity contribution in [2.24, 2.45) is 11.3 Å². The Labute approximate surface area is 182 Å². The third-order valence-electron chi connectivity index (χ3n) is 4.85. The van der Waals surface area contributed by atoms with Crippen molar-refractivity contribution in [1.82, 2.24) is 0 Å². The van der Waals surface area contributed by atoms with Crippen LogP contribution in [0, 0.1) is 11.3 Å². The molecule has 0 saturated heterocycles. The molecule has 0 aromatic heterocycles. The van der Waals surface area contributed by atoms with Gasteiger partial charge < -0.3 is 19.7 Å². The van der Waals surface area contributed by atoms with E-state index in [-0.39, 0.29) is 29.7 Å². The van der Waals surface area contributed by atoms with Crippen LogP contribution in [0.25, 0.3) is 0 Å². The Bertz CT molecular complexity index is 1010. The molecule has 2 amide bonds. The topological polar surface area (TPSA) is 84.9 Å². The van der Waals surface area contributed by atoms with Crippen molar-refractivity contribution < 1.29 is 23.9 Å². The molecule has 31 heavy (non-hydrogen) atoms. The van der Waals surface area contributed by atoms with Crippen molar-refractivity contribution in [2.45, 2.75) is 34.6 Å². The van der Waals surface area contributed by atoms with E-state index >= 15 is 0 Å². The summed E-state index contributed by atoms with van der Waals surface area (Å²) < 4.78 is 11.1. The van der Waals surface area contributed by atoms with Crippen LogP contribution >= 0.6 is 0 Å². The number of hydrogen-bond donors (Lipinski definition) is 1. The lowest BCUT2D eigenvalue weighted by Gasteiger charge is -2.29. The summed E-state index contributed by atoms with van der Waals surface area (Å²) in [6, 6.07) is 11.7. The van der Waals surface area contributed by atoms with Crippen LogP contribution in [0.15, 0.2) is 42.5 Å². The number of ether oxygens (including phenoxy) is 2. The van der Waals surface area contributed by atoms with Crippen LogP contribution in [0.1, 0.15) is 45.0 Å². The third kappa shape index (κ3) is 5.05. The van der Waals surface area contributed by atoms with Gasteiger partial charge in [-0.3, -0.25) is 14.4 Å². The number of carbonyl (C=O) groups is 3. The average molecular weight is 424 g/mol. The molecule has 0 radical (unpaired) electrons. The van der Waals surface area contributed by atoms with E-state index in [9.17, 15) is 14.4 Å². The molecule has 0 bridgehead atoms. The van der Waals surface area contributed by atoms with Crippen LogP contribution in [0.2, 0.25) is 0 Å². The maximum atomic E-state index is 13.2. The first-order chi connectivity index (χ1) is 14.6. The van der Waals surface area contributed by atoms with Gasteiger partial charge in [-0.25, -0.2) is 0 Å². The van der Waals surface area contributed by atoms with Crippen LogP contribution < -0.4 is 19.7 Å². The van der Waals surface area contributed by atoms with Gasteiger partial charge in [0, 0.05) is 19.2 Å². The van der Waals surface area contributed by atoms with Gasteiger partial charge in [0.25, 0.3) is 5.91 Å². The molecule has 0 unspecified atom stereocenters. The maximum absolute atomic E-state index is 13.2. The molecule has 1 heterocycles. The van der Waals surface area contributed by atoms with Gasteiger partial charge in [-0.15, -0.1) is 0 Å². The van der Waals surface area contributed by atoms with Gasteiger partial charge in [-0.2, -0.15) is 0 Å². The Morgan fingerprint density at radius 2 is 1.90 bits per heavy atom. The summed E-state index contributed by atoms with van der Waals surface area (Å²) in [5, 5.41) is 2.83. The number of esters is 1. The molecule has 1 aliphatic heterocycles. The second-order valence-corrected chi connectivity index (χ2v) is 8.71. The van der Waals surface area contributed by atoms with E-state index in [1.165, 1.54) is 6.92 Å². The highest BCUT2D eigenvalue weighted by Gasteiger charge is 2.38. The quantitative estimate of drug-likeness (QED) is 0.572. The fourth-order valence-corrected chi connectivity index (χ4v) is 3.37. The summed E-state index contributed by atoms with van der Waals surface area (Å²) in [5.41, 5.74) is 0.696. The summed E-state index contributed by atoms with van der Waals surface area (Å²) in [4.78, 5) is 39.1. The van der Waals surface area contributed by atoms with Crippen molar-refractivity contribution in [2.75, 3.05) is 23.4 Å². The van der Waals surface area contributed by atoms with E-state index in [2.05, 4.69) is 5.32 Å². The molecule has 3 rings (SSSR count). The lowest BCUT2D eigenvalue weighted by molar-refractivity contribution is -0.132. The van der Waals surface area contributed by atoms with E-state index in [0.717, 1.165) is 0 Å². The van der Waals surface area contributed by atoms with E-state index < -0.39 is 17.3 Å². The third-order valence-corrected chi connectivity index (χ3v) is 4.85. The predicted octanol–water partition coefficient (Wildman–Crippen LogP) is 4.27. The predicted molar refractivity (Wildman–Crippen MR) is 119 cm³/mol. The largest absolute Gasteiger partial charge is 0.490 e. The first kappa shape index (κ1) is 22.3. The molecule has 2 aromatic rings. The summed E-state index contributed by atoms with van der Waals surface area (Å²) >= 11 is 0. The van der Waals surface area contributed by atoms with Crippen LogP contribution in [-0.2, 0) is 9.59 Å². The van der Waals surface area contributed by atoms with Crippen LogP contribution in [0.4, 0.5) is 11.4 Å². The lowest BCUT2D eigenvalue weighted by Crippen LogP contribution is -2.43. The maximum Gasteiger partial charge on any atom is 0.308 e. The molecular formula is C24H28N2O5. The number of hydrogen-bond acceptors (Lipinski definition) is 5. The highest BCUT2D eigenvalue weighted by Crippen LogP contribution is 2.38. The molecule has 2 aromatic carbocycles. The summed E-state index contributed by atoms with van der Waals surface area (Å²) in [6.07, 6.45) is 0. The molecule has 7 heteroatoms. The summed E-state index contributed by atoms with van der Waals surface area (Å²) in [7, 11) is 0. The van der Waals surface area contributed by atoms with Gasteiger partial charge >= 0.3 is 5.97 Å². The van der Waals surface area contributed by atoms with Crippen molar-refractivity contribution in [3.63, 3.8) is 0 Å². The molecule has 7 nitrogen and oxygen atoms in total. The highest BCUT2D eigenvalue weighted by atomic mass is 16.5. The van der Waals surface area contributed by atoms with Gasteiger partial charge in [-0.05, 0) is 50.1 Å². The number of para-hydroxylation sites is 1. The average Bonchev–Trinajstić information content (AvgIpc) is 2.78. The number of benzene rings is 2. The van der Waals surface area contributed by atoms with Crippen molar-refractivity contribution in [3.8, 4) is 11.5 Å². The highest BCUT2D eigenvalue weighted by molar-refractivity contribution is 6.07. The molecular weight excluding hydrogens is 396 g/mol. The van der Waals surface area contributed by atoms with Crippen LogP contribution in [-0.4, -0.2) is 30.9 Å². The fraction of sp³-hybridized carbons (Fsp3) is 0.375. The Hall–Kier alpha value is -3.35. The van der Waals surface area contributed by atoms with Gasteiger partial charge in [0.1, 0.15) is 18.1 Å². The Morgan fingerprint density at radius 3 is 2.58 bits per heavy atom. The minimum atomic E-state index is -0.666. The lowest BCUT2D eigenvalue weighted by atomic mass is 9.92. The zero-order chi connectivity index (χ0) is 22.8. The van der Waals surface area contributed by atoms with Crippen LogP contribution in [0.3, 0.4) is 0 Å². The second-order valence-electron chi connectivity index (χ2n) is 8.71. The van der Waals surface area contributed by atoms with E-state index in [1.54, 1.807) is 47.4 Å². The molecule has 0 atom stereocenters. The zero-order valence-electron chi connectivity index (χ0n) is 18.5. The number of nitrogens with one attached hydrogen (secondary N) is 1. The molecule has 1 N–H and O–H groups in total. The zero-order valence-corrected chi connectivity index (χ0v) is 18.5. The summed E-state index contributed by atoms with van der Waals surface area (Å²) in [6.45, 7) is 9.90. The molecule has 1 aliphatic rings. The van der Waals surface area contributed by atoms with Gasteiger partial charge in [0.05, 0.1) is 16.7 Å². The number of anilines is 2. The van der Waals surface area contributed by atoms with E-state index in [4.69, 9.17) is 9.47 Å². The molecule has 0 fully saturated rings. The SMILES string of the molecule is CC(=O)Oc1ccccc1C(=O)Nc1ccc2c(c1)N(CC(C)C)C(=O)C(C)(C)CO2. The van der Waals surface area contributed by atoms with Crippen molar-refractivity contribution >= 4 is 29.2 Å². The molecule has 0 spiro atoms. The first-order valence-corrected chi connectivity index (χ1v) is 10.3. The minimum Gasteiger partial charge on any atom is -0.490 e. The van der Waals surface area contributed by atoms with Crippen molar-refractivity contribution in [3.05, 3.63) is 48.0 Å². The second kappa shape index (κ2) is 8.79. The monoisotopic (exact) mass is 424 g/mol. The van der Waals surface area contributed by atoms with Crippen LogP contribution in [0.5, 0.6) is 11.5 Å². The Morgan fingerprint density at radius 1 is 1.19 bits per heavy atom. The fourth-order valence-electron chi connectivity index (χ4n) is 3.37. The van der Waals surface area contributed by atoms with Crippen molar-refractivity contribution in [1.29, 1.82) is 0 Å². The van der Waals surface area contributed by atoms with Gasteiger partial charge in [0.2, 0.25) is 5.91 Å².